The Kier molecular flexibility index (Phi) is 3.44. The Hall–Kier alpha value is -0.970. The van der Waals surface area contributed by atoms with Crippen molar-refractivity contribution in [1.82, 2.24) is 4.57 Å². The van der Waals surface area contributed by atoms with Gasteiger partial charge in [0.15, 0.2) is 0 Å². The van der Waals surface area contributed by atoms with Gasteiger partial charge in [-0.15, -0.1) is 0 Å². The molecule has 0 unspecified atom stereocenters. The van der Waals surface area contributed by atoms with Gasteiger partial charge < -0.3 is 9.30 Å². The van der Waals surface area contributed by atoms with E-state index in [9.17, 15) is 4.79 Å². The summed E-state index contributed by atoms with van der Waals surface area (Å²) >= 11 is 3.32. The van der Waals surface area contributed by atoms with Crippen molar-refractivity contribution < 1.29 is 9.53 Å². The van der Waals surface area contributed by atoms with E-state index in [1.165, 1.54) is 0 Å². The molecule has 1 amide bonds. The van der Waals surface area contributed by atoms with Crippen LogP contribution in [0.5, 0.6) is 0 Å². The molecule has 1 N–H and O–H groups in total. The Labute approximate surface area is 97.7 Å². The van der Waals surface area contributed by atoms with Gasteiger partial charge in [0.25, 0.3) is 0 Å². The van der Waals surface area contributed by atoms with E-state index in [1.807, 2.05) is 40.1 Å². The predicted molar refractivity (Wildman–Crippen MR) is 63.0 cm³/mol. The van der Waals surface area contributed by atoms with Crippen molar-refractivity contribution in [2.45, 2.75) is 26.4 Å². The van der Waals surface area contributed by atoms with Crippen LogP contribution in [-0.2, 0) is 11.8 Å². The summed E-state index contributed by atoms with van der Waals surface area (Å²) in [5, 5.41) is 2.66. The van der Waals surface area contributed by atoms with Crippen LogP contribution in [0.15, 0.2) is 16.7 Å². The van der Waals surface area contributed by atoms with Gasteiger partial charge in [-0.2, -0.15) is 0 Å². The number of rotatable bonds is 1. The lowest BCUT2D eigenvalue weighted by Gasteiger charge is -2.19. The van der Waals surface area contributed by atoms with E-state index in [-0.39, 0.29) is 0 Å². The van der Waals surface area contributed by atoms with Crippen molar-refractivity contribution in [1.29, 1.82) is 0 Å². The first kappa shape index (κ1) is 12.1. The normalized spacial score (nSPS) is 11.3. The number of aromatic nitrogens is 1. The average Bonchev–Trinajstić information content (AvgIpc) is 2.25. The predicted octanol–water partition coefficient (Wildman–Crippen LogP) is 3.13. The Morgan fingerprint density at radius 1 is 1.53 bits per heavy atom. The minimum absolute atomic E-state index is 0.448. The van der Waals surface area contributed by atoms with Gasteiger partial charge in [0.05, 0.1) is 0 Å². The molecule has 1 aromatic rings. The van der Waals surface area contributed by atoms with Crippen LogP contribution in [0, 0.1) is 0 Å². The fraction of sp³-hybridized carbons (Fsp3) is 0.500. The molecule has 84 valence electrons. The summed E-state index contributed by atoms with van der Waals surface area (Å²) in [5.41, 5.74) is -0.480. The van der Waals surface area contributed by atoms with Crippen molar-refractivity contribution in [2.75, 3.05) is 5.32 Å². The number of carbonyl (C=O) groups is 1. The third-order valence-electron chi connectivity index (χ3n) is 1.60. The quantitative estimate of drug-likeness (QED) is 0.855. The molecular weight excluding hydrogens is 260 g/mol. The van der Waals surface area contributed by atoms with Crippen LogP contribution in [0.2, 0.25) is 0 Å². The molecule has 15 heavy (non-hydrogen) atoms. The second kappa shape index (κ2) is 4.26. The van der Waals surface area contributed by atoms with Crippen LogP contribution < -0.4 is 5.32 Å². The van der Waals surface area contributed by atoms with Gasteiger partial charge >= 0.3 is 6.09 Å². The molecule has 0 aliphatic rings. The number of hydrogen-bond donors (Lipinski definition) is 1. The highest BCUT2D eigenvalue weighted by atomic mass is 79.9. The summed E-state index contributed by atoms with van der Waals surface area (Å²) < 4.78 is 7.84. The van der Waals surface area contributed by atoms with E-state index in [2.05, 4.69) is 21.2 Å². The lowest BCUT2D eigenvalue weighted by atomic mass is 10.2. The lowest BCUT2D eigenvalue weighted by Crippen LogP contribution is -2.27. The molecule has 1 heterocycles. The van der Waals surface area contributed by atoms with Crippen molar-refractivity contribution in [2.24, 2.45) is 7.05 Å². The van der Waals surface area contributed by atoms with Crippen molar-refractivity contribution in [3.05, 3.63) is 16.7 Å². The summed E-state index contributed by atoms with van der Waals surface area (Å²) in [6, 6.07) is 1.81. The first-order valence-corrected chi connectivity index (χ1v) is 5.39. The van der Waals surface area contributed by atoms with E-state index in [4.69, 9.17) is 4.74 Å². The zero-order valence-electron chi connectivity index (χ0n) is 9.30. The first-order chi connectivity index (χ1) is 6.78. The summed E-state index contributed by atoms with van der Waals surface area (Å²) in [7, 11) is 1.84. The molecule has 0 bridgehead atoms. The van der Waals surface area contributed by atoms with Crippen LogP contribution in [0.3, 0.4) is 0 Å². The number of nitrogens with zero attached hydrogens (tertiary/aromatic N) is 1. The highest BCUT2D eigenvalue weighted by molar-refractivity contribution is 9.10. The van der Waals surface area contributed by atoms with Crippen molar-refractivity contribution in [3.63, 3.8) is 0 Å². The molecular formula is C10H15BrN2O2. The Bertz CT molecular complexity index is 366. The number of aryl methyl sites for hydroxylation is 1. The second-order valence-electron chi connectivity index (χ2n) is 4.28. The van der Waals surface area contributed by atoms with Crippen LogP contribution in [0.4, 0.5) is 10.6 Å². The van der Waals surface area contributed by atoms with E-state index in [0.717, 1.165) is 4.47 Å². The van der Waals surface area contributed by atoms with Crippen LogP contribution in [-0.4, -0.2) is 16.3 Å². The fourth-order valence-corrected chi connectivity index (χ4v) is 1.58. The largest absolute Gasteiger partial charge is 0.444 e. The third-order valence-corrected chi connectivity index (χ3v) is 2.03. The molecule has 0 atom stereocenters. The molecule has 0 aliphatic heterocycles. The average molecular weight is 275 g/mol. The van der Waals surface area contributed by atoms with Gasteiger partial charge in [-0.25, -0.2) is 4.79 Å². The minimum Gasteiger partial charge on any atom is -0.444 e. The maximum absolute atomic E-state index is 11.4. The monoisotopic (exact) mass is 274 g/mol. The van der Waals surface area contributed by atoms with Gasteiger partial charge in [-0.05, 0) is 42.8 Å². The number of nitrogens with one attached hydrogen (secondary N) is 1. The molecule has 0 saturated carbocycles. The smallest absolute Gasteiger partial charge is 0.413 e. The van der Waals surface area contributed by atoms with Gasteiger partial charge in [0.1, 0.15) is 11.4 Å². The Balaban J connectivity index is 2.63. The topological polar surface area (TPSA) is 43.3 Å². The van der Waals surface area contributed by atoms with Crippen molar-refractivity contribution >= 4 is 27.8 Å². The molecule has 0 fully saturated rings. The Morgan fingerprint density at radius 2 is 2.13 bits per heavy atom. The maximum atomic E-state index is 11.4. The van der Waals surface area contributed by atoms with Crippen LogP contribution >= 0.6 is 15.9 Å². The number of carbonyl (C=O) groups excluding carboxylic acids is 1. The molecule has 0 radical (unpaired) electrons. The molecule has 0 saturated heterocycles. The minimum atomic E-state index is -0.480. The number of halogens is 1. The van der Waals surface area contributed by atoms with Gasteiger partial charge in [-0.1, -0.05) is 0 Å². The maximum Gasteiger partial charge on any atom is 0.413 e. The first-order valence-electron chi connectivity index (χ1n) is 4.60. The molecule has 1 rings (SSSR count). The molecule has 5 heteroatoms. The van der Waals surface area contributed by atoms with Gasteiger partial charge in [0.2, 0.25) is 0 Å². The highest BCUT2D eigenvalue weighted by Gasteiger charge is 2.16. The van der Waals surface area contributed by atoms with Crippen LogP contribution in [0.1, 0.15) is 20.8 Å². The standard InChI is InChI=1S/C10H15BrN2O2/c1-10(2,3)15-9(14)12-8-5-7(11)6-13(8)4/h5-6H,1-4H3,(H,12,14). The highest BCUT2D eigenvalue weighted by Crippen LogP contribution is 2.18. The summed E-state index contributed by atoms with van der Waals surface area (Å²) in [6.45, 7) is 5.48. The van der Waals surface area contributed by atoms with Crippen molar-refractivity contribution in [3.8, 4) is 0 Å². The fourth-order valence-electron chi connectivity index (χ4n) is 1.06. The molecule has 0 aromatic carbocycles. The molecule has 0 spiro atoms. The van der Waals surface area contributed by atoms with E-state index >= 15 is 0 Å². The SMILES string of the molecule is Cn1cc(Br)cc1NC(=O)OC(C)(C)C. The van der Waals surface area contributed by atoms with Crippen LogP contribution in [0.25, 0.3) is 0 Å². The molecule has 4 nitrogen and oxygen atoms in total. The third kappa shape index (κ3) is 3.95. The zero-order chi connectivity index (χ0) is 11.6. The summed E-state index contributed by atoms with van der Waals surface area (Å²) in [6.07, 6.45) is 1.41. The van der Waals surface area contributed by atoms with E-state index < -0.39 is 11.7 Å². The summed E-state index contributed by atoms with van der Waals surface area (Å²) in [4.78, 5) is 11.4. The zero-order valence-corrected chi connectivity index (χ0v) is 10.9. The van der Waals surface area contributed by atoms with Gasteiger partial charge in [0, 0.05) is 17.7 Å². The summed E-state index contributed by atoms with van der Waals surface area (Å²) in [5.74, 6) is 0.691. The van der Waals surface area contributed by atoms with E-state index in [0.29, 0.717) is 5.82 Å². The number of anilines is 1. The number of amides is 1. The number of ether oxygens (including phenoxy) is 1. The lowest BCUT2D eigenvalue weighted by molar-refractivity contribution is 0.0635. The van der Waals surface area contributed by atoms with E-state index in [1.54, 1.807) is 4.57 Å². The molecule has 1 aromatic heterocycles. The second-order valence-corrected chi connectivity index (χ2v) is 5.20. The Morgan fingerprint density at radius 3 is 2.53 bits per heavy atom. The number of hydrogen-bond acceptors (Lipinski definition) is 2. The van der Waals surface area contributed by atoms with Gasteiger partial charge in [-0.3, -0.25) is 5.32 Å². The molecule has 0 aliphatic carbocycles.